The van der Waals surface area contributed by atoms with Crippen molar-refractivity contribution in [2.75, 3.05) is 5.32 Å². The Morgan fingerprint density at radius 2 is 1.74 bits per heavy atom. The number of halogens is 1. The van der Waals surface area contributed by atoms with Gasteiger partial charge in [-0.15, -0.1) is 0 Å². The van der Waals surface area contributed by atoms with E-state index in [1.807, 2.05) is 18.2 Å². The number of nitrogens with one attached hydrogen (secondary N) is 1. The summed E-state index contributed by atoms with van der Waals surface area (Å²) >= 11 is 0. The smallest absolute Gasteiger partial charge is 0.227 e. The predicted octanol–water partition coefficient (Wildman–Crippen LogP) is 4.57. The first-order valence-electron chi connectivity index (χ1n) is 9.09. The first-order valence-corrected chi connectivity index (χ1v) is 9.09. The standard InChI is InChI=1S/C21H22FN3O2/c1-3-14-6-5-7-15(4-2)20(14)23-18(26)12-13-19-24-21(25-27-19)16-8-10-17(22)11-9-16/h5-11H,3-4,12-13H2,1-2H3,(H,23,26). The summed E-state index contributed by atoms with van der Waals surface area (Å²) in [5.41, 5.74) is 3.82. The van der Waals surface area contributed by atoms with Crippen LogP contribution < -0.4 is 5.32 Å². The third kappa shape index (κ3) is 4.58. The molecule has 1 N–H and O–H groups in total. The highest BCUT2D eigenvalue weighted by Gasteiger charge is 2.13. The molecule has 0 atom stereocenters. The summed E-state index contributed by atoms with van der Waals surface area (Å²) < 4.78 is 18.2. The zero-order valence-electron chi connectivity index (χ0n) is 15.5. The van der Waals surface area contributed by atoms with Gasteiger partial charge < -0.3 is 9.84 Å². The monoisotopic (exact) mass is 367 g/mol. The normalized spacial score (nSPS) is 10.8. The number of para-hydroxylation sites is 1. The molecule has 2 aromatic carbocycles. The number of aromatic nitrogens is 2. The lowest BCUT2D eigenvalue weighted by Crippen LogP contribution is -2.15. The van der Waals surface area contributed by atoms with Crippen molar-refractivity contribution in [3.8, 4) is 11.4 Å². The molecule has 1 heterocycles. The van der Waals surface area contributed by atoms with E-state index in [1.165, 1.54) is 12.1 Å². The van der Waals surface area contributed by atoms with Crippen molar-refractivity contribution >= 4 is 11.6 Å². The minimum atomic E-state index is -0.321. The second kappa shape index (κ2) is 8.58. The molecule has 1 amide bonds. The van der Waals surface area contributed by atoms with E-state index in [-0.39, 0.29) is 18.1 Å². The quantitative estimate of drug-likeness (QED) is 0.664. The van der Waals surface area contributed by atoms with Crippen molar-refractivity contribution in [3.63, 3.8) is 0 Å². The Balaban J connectivity index is 1.63. The topological polar surface area (TPSA) is 68.0 Å². The first-order chi connectivity index (χ1) is 13.1. The van der Waals surface area contributed by atoms with E-state index in [0.29, 0.717) is 23.7 Å². The Morgan fingerprint density at radius 3 is 2.37 bits per heavy atom. The SMILES string of the molecule is CCc1cccc(CC)c1NC(=O)CCc1nc(-c2ccc(F)cc2)no1. The molecule has 0 aliphatic heterocycles. The molecular formula is C21H22FN3O2. The Bertz CT molecular complexity index is 897. The summed E-state index contributed by atoms with van der Waals surface area (Å²) in [6.07, 6.45) is 2.30. The molecule has 1 aromatic heterocycles. The summed E-state index contributed by atoms with van der Waals surface area (Å²) in [5, 5.41) is 6.92. The Morgan fingerprint density at radius 1 is 1.07 bits per heavy atom. The van der Waals surface area contributed by atoms with Gasteiger partial charge in [0.05, 0.1) is 0 Å². The van der Waals surface area contributed by atoms with Crippen LogP contribution in [0.15, 0.2) is 47.0 Å². The number of amides is 1. The van der Waals surface area contributed by atoms with Gasteiger partial charge in [0.1, 0.15) is 5.82 Å². The van der Waals surface area contributed by atoms with Crippen LogP contribution in [0.4, 0.5) is 10.1 Å². The summed E-state index contributed by atoms with van der Waals surface area (Å²) in [5.74, 6) is 0.351. The Kier molecular flexibility index (Phi) is 5.96. The van der Waals surface area contributed by atoms with Crippen molar-refractivity contribution in [1.82, 2.24) is 10.1 Å². The average molecular weight is 367 g/mol. The molecule has 3 rings (SSSR count). The molecule has 0 unspecified atom stereocenters. The van der Waals surface area contributed by atoms with Crippen molar-refractivity contribution in [3.05, 3.63) is 65.3 Å². The third-order valence-electron chi connectivity index (χ3n) is 4.40. The maximum Gasteiger partial charge on any atom is 0.227 e. The van der Waals surface area contributed by atoms with Crippen molar-refractivity contribution in [2.45, 2.75) is 39.5 Å². The van der Waals surface area contributed by atoms with Gasteiger partial charge >= 0.3 is 0 Å². The lowest BCUT2D eigenvalue weighted by atomic mass is 10.0. The van der Waals surface area contributed by atoms with Gasteiger partial charge in [-0.25, -0.2) is 4.39 Å². The van der Waals surface area contributed by atoms with E-state index in [2.05, 4.69) is 29.3 Å². The molecular weight excluding hydrogens is 345 g/mol. The van der Waals surface area contributed by atoms with E-state index in [0.717, 1.165) is 29.7 Å². The van der Waals surface area contributed by atoms with Crippen molar-refractivity contribution in [1.29, 1.82) is 0 Å². The number of rotatable bonds is 7. The van der Waals surface area contributed by atoms with Gasteiger partial charge in [0.25, 0.3) is 0 Å². The number of hydrogen-bond acceptors (Lipinski definition) is 4. The van der Waals surface area contributed by atoms with E-state index in [1.54, 1.807) is 12.1 Å². The van der Waals surface area contributed by atoms with Crippen LogP contribution in [0, 0.1) is 5.82 Å². The van der Waals surface area contributed by atoms with Crippen LogP contribution in [0.5, 0.6) is 0 Å². The molecule has 0 aliphatic carbocycles. The van der Waals surface area contributed by atoms with Gasteiger partial charge in [-0.1, -0.05) is 37.2 Å². The zero-order chi connectivity index (χ0) is 19.2. The largest absolute Gasteiger partial charge is 0.339 e. The minimum absolute atomic E-state index is 0.0906. The van der Waals surface area contributed by atoms with Gasteiger partial charge in [0.2, 0.25) is 17.6 Å². The highest BCUT2D eigenvalue weighted by molar-refractivity contribution is 5.92. The van der Waals surface area contributed by atoms with Crippen molar-refractivity contribution < 1.29 is 13.7 Å². The second-order valence-corrected chi connectivity index (χ2v) is 6.23. The number of nitrogens with zero attached hydrogens (tertiary/aromatic N) is 2. The number of benzene rings is 2. The first kappa shape index (κ1) is 18.8. The number of aryl methyl sites for hydroxylation is 3. The number of hydrogen-bond donors (Lipinski definition) is 1. The van der Waals surface area contributed by atoms with E-state index < -0.39 is 0 Å². The molecule has 0 radical (unpaired) electrons. The van der Waals surface area contributed by atoms with Gasteiger partial charge in [-0.3, -0.25) is 4.79 Å². The van der Waals surface area contributed by atoms with Crippen molar-refractivity contribution in [2.24, 2.45) is 0 Å². The highest BCUT2D eigenvalue weighted by atomic mass is 19.1. The van der Waals surface area contributed by atoms with Crippen LogP contribution >= 0.6 is 0 Å². The molecule has 6 heteroatoms. The molecule has 3 aromatic rings. The number of carbonyl (C=O) groups is 1. The van der Waals surface area contributed by atoms with E-state index in [9.17, 15) is 9.18 Å². The van der Waals surface area contributed by atoms with Gasteiger partial charge in [-0.2, -0.15) is 4.98 Å². The van der Waals surface area contributed by atoms with E-state index >= 15 is 0 Å². The Hall–Kier alpha value is -3.02. The number of carbonyl (C=O) groups excluding carboxylic acids is 1. The fourth-order valence-corrected chi connectivity index (χ4v) is 2.90. The van der Waals surface area contributed by atoms with Crippen LogP contribution in [-0.4, -0.2) is 16.0 Å². The third-order valence-corrected chi connectivity index (χ3v) is 4.40. The lowest BCUT2D eigenvalue weighted by Gasteiger charge is -2.14. The zero-order valence-corrected chi connectivity index (χ0v) is 15.5. The minimum Gasteiger partial charge on any atom is -0.339 e. The van der Waals surface area contributed by atoms with Gasteiger partial charge in [0.15, 0.2) is 0 Å². The predicted molar refractivity (Wildman–Crippen MR) is 102 cm³/mol. The van der Waals surface area contributed by atoms with E-state index in [4.69, 9.17) is 4.52 Å². The van der Waals surface area contributed by atoms with Crippen LogP contribution in [0.1, 0.15) is 37.3 Å². The molecule has 0 bridgehead atoms. The molecule has 140 valence electrons. The summed E-state index contributed by atoms with van der Waals surface area (Å²) in [6.45, 7) is 4.14. The Labute approximate surface area is 157 Å². The maximum absolute atomic E-state index is 13.0. The fraction of sp³-hybridized carbons (Fsp3) is 0.286. The molecule has 0 saturated carbocycles. The summed E-state index contributed by atoms with van der Waals surface area (Å²) in [6, 6.07) is 11.9. The number of anilines is 1. The van der Waals surface area contributed by atoms with Crippen LogP contribution in [0.25, 0.3) is 11.4 Å². The fourth-order valence-electron chi connectivity index (χ4n) is 2.90. The summed E-state index contributed by atoms with van der Waals surface area (Å²) in [4.78, 5) is 16.7. The molecule has 0 saturated heterocycles. The van der Waals surface area contributed by atoms with Crippen LogP contribution in [-0.2, 0) is 24.1 Å². The molecule has 27 heavy (non-hydrogen) atoms. The van der Waals surface area contributed by atoms with Gasteiger partial charge in [0, 0.05) is 24.1 Å². The molecule has 5 nitrogen and oxygen atoms in total. The van der Waals surface area contributed by atoms with Gasteiger partial charge in [-0.05, 0) is 48.2 Å². The highest BCUT2D eigenvalue weighted by Crippen LogP contribution is 2.23. The average Bonchev–Trinajstić information content (AvgIpc) is 3.16. The molecule has 0 aliphatic rings. The maximum atomic E-state index is 13.0. The van der Waals surface area contributed by atoms with Crippen LogP contribution in [0.3, 0.4) is 0 Å². The van der Waals surface area contributed by atoms with Crippen LogP contribution in [0.2, 0.25) is 0 Å². The molecule has 0 spiro atoms. The molecule has 0 fully saturated rings. The second-order valence-electron chi connectivity index (χ2n) is 6.23. The lowest BCUT2D eigenvalue weighted by molar-refractivity contribution is -0.116. The summed E-state index contributed by atoms with van der Waals surface area (Å²) in [7, 11) is 0.